The molecule has 1 aromatic rings. The zero-order valence-electron chi connectivity index (χ0n) is 12.7. The first-order chi connectivity index (χ1) is 9.82. The molecule has 1 aliphatic heterocycles. The van der Waals surface area contributed by atoms with Crippen LogP contribution in [0.5, 0.6) is 0 Å². The van der Waals surface area contributed by atoms with E-state index in [1.165, 1.54) is 11.3 Å². The maximum absolute atomic E-state index is 12.2. The van der Waals surface area contributed by atoms with Gasteiger partial charge in [-0.15, -0.1) is 0 Å². The van der Waals surface area contributed by atoms with E-state index in [-0.39, 0.29) is 17.8 Å². The Kier molecular flexibility index (Phi) is 4.70. The molecule has 2 rings (SSSR count). The number of carbonyl (C=O) groups is 1. The molecule has 118 valence electrons. The SMILES string of the molecule is COC(C)(C)CNC(=O)c1sc(N2CCC(N)C2)nc1N. The van der Waals surface area contributed by atoms with Crippen LogP contribution < -0.4 is 21.7 Å². The van der Waals surface area contributed by atoms with Gasteiger partial charge < -0.3 is 26.4 Å². The van der Waals surface area contributed by atoms with Gasteiger partial charge in [0, 0.05) is 32.8 Å². The minimum atomic E-state index is -0.417. The normalized spacial score (nSPS) is 19.0. The van der Waals surface area contributed by atoms with Crippen LogP contribution in [0.4, 0.5) is 10.9 Å². The number of nitrogens with one attached hydrogen (secondary N) is 1. The van der Waals surface area contributed by atoms with Crippen molar-refractivity contribution in [3.05, 3.63) is 4.88 Å². The van der Waals surface area contributed by atoms with Gasteiger partial charge in [0.25, 0.3) is 5.91 Å². The third-order valence-corrected chi connectivity index (χ3v) is 4.70. The summed E-state index contributed by atoms with van der Waals surface area (Å²) in [6, 6.07) is 0.162. The Morgan fingerprint density at radius 2 is 2.33 bits per heavy atom. The van der Waals surface area contributed by atoms with E-state index in [0.717, 1.165) is 24.6 Å². The Balaban J connectivity index is 2.03. The summed E-state index contributed by atoms with van der Waals surface area (Å²) < 4.78 is 5.27. The number of aromatic nitrogens is 1. The molecule has 1 unspecified atom stereocenters. The molecule has 1 aromatic heterocycles. The lowest BCUT2D eigenvalue weighted by molar-refractivity contribution is 0.0229. The summed E-state index contributed by atoms with van der Waals surface area (Å²) in [7, 11) is 1.61. The van der Waals surface area contributed by atoms with Crippen molar-refractivity contribution in [1.82, 2.24) is 10.3 Å². The van der Waals surface area contributed by atoms with E-state index < -0.39 is 5.60 Å². The minimum Gasteiger partial charge on any atom is -0.382 e. The lowest BCUT2D eigenvalue weighted by Crippen LogP contribution is -2.39. The minimum absolute atomic E-state index is 0.162. The molecule has 7 nitrogen and oxygen atoms in total. The van der Waals surface area contributed by atoms with E-state index in [4.69, 9.17) is 16.2 Å². The number of anilines is 2. The standard InChI is InChI=1S/C13H23N5O2S/c1-13(2,20-3)7-16-11(19)9-10(15)17-12(21-9)18-5-4-8(14)6-18/h8H,4-7,14-15H2,1-3H3,(H,16,19). The van der Waals surface area contributed by atoms with Crippen LogP contribution in [0.1, 0.15) is 29.9 Å². The second kappa shape index (κ2) is 6.17. The Morgan fingerprint density at radius 1 is 1.62 bits per heavy atom. The number of nitrogen functional groups attached to an aromatic ring is 1. The van der Waals surface area contributed by atoms with Crippen molar-refractivity contribution in [1.29, 1.82) is 0 Å². The third-order valence-electron chi connectivity index (χ3n) is 3.57. The summed E-state index contributed by atoms with van der Waals surface area (Å²) in [4.78, 5) is 19.0. The van der Waals surface area contributed by atoms with E-state index in [9.17, 15) is 4.79 Å². The molecule has 0 spiro atoms. The van der Waals surface area contributed by atoms with Crippen LogP contribution in [0.3, 0.4) is 0 Å². The van der Waals surface area contributed by atoms with Crippen LogP contribution in [0.15, 0.2) is 0 Å². The molecule has 5 N–H and O–H groups in total. The predicted octanol–water partition coefficient (Wildman–Crippen LogP) is 0.418. The van der Waals surface area contributed by atoms with Crippen LogP contribution >= 0.6 is 11.3 Å². The van der Waals surface area contributed by atoms with Crippen LogP contribution in [-0.2, 0) is 4.74 Å². The summed E-state index contributed by atoms with van der Waals surface area (Å²) in [5, 5.41) is 3.59. The Morgan fingerprint density at radius 3 is 2.90 bits per heavy atom. The van der Waals surface area contributed by atoms with Crippen molar-refractivity contribution in [2.45, 2.75) is 31.9 Å². The highest BCUT2D eigenvalue weighted by molar-refractivity contribution is 7.18. The van der Waals surface area contributed by atoms with Crippen LogP contribution in [-0.4, -0.2) is 49.3 Å². The number of methoxy groups -OCH3 is 1. The predicted molar refractivity (Wildman–Crippen MR) is 84.8 cm³/mol. The smallest absolute Gasteiger partial charge is 0.265 e. The van der Waals surface area contributed by atoms with Crippen molar-refractivity contribution < 1.29 is 9.53 Å². The second-order valence-corrected chi connectivity index (χ2v) is 6.83. The average Bonchev–Trinajstić information content (AvgIpc) is 3.02. The van der Waals surface area contributed by atoms with Gasteiger partial charge in [0.15, 0.2) is 5.13 Å². The fourth-order valence-corrected chi connectivity index (χ4v) is 2.96. The molecule has 1 atom stereocenters. The van der Waals surface area contributed by atoms with Gasteiger partial charge in [0.2, 0.25) is 0 Å². The summed E-state index contributed by atoms with van der Waals surface area (Å²) in [5.41, 5.74) is 11.3. The Labute approximate surface area is 128 Å². The van der Waals surface area contributed by atoms with Gasteiger partial charge in [-0.3, -0.25) is 4.79 Å². The lowest BCUT2D eigenvalue weighted by Gasteiger charge is -2.22. The summed E-state index contributed by atoms with van der Waals surface area (Å²) >= 11 is 1.31. The highest BCUT2D eigenvalue weighted by Gasteiger charge is 2.25. The zero-order chi connectivity index (χ0) is 15.6. The molecule has 8 heteroatoms. The number of carbonyl (C=O) groups excluding carboxylic acids is 1. The number of nitrogens with zero attached hydrogens (tertiary/aromatic N) is 2. The number of nitrogens with two attached hydrogens (primary N) is 2. The molecule has 2 heterocycles. The molecular formula is C13H23N5O2S. The molecular weight excluding hydrogens is 290 g/mol. The van der Waals surface area contributed by atoms with E-state index in [1.54, 1.807) is 7.11 Å². The second-order valence-electron chi connectivity index (χ2n) is 5.85. The number of thiazole rings is 1. The van der Waals surface area contributed by atoms with Gasteiger partial charge in [-0.2, -0.15) is 0 Å². The van der Waals surface area contributed by atoms with Crippen molar-refractivity contribution in [2.75, 3.05) is 37.4 Å². The molecule has 0 radical (unpaired) electrons. The monoisotopic (exact) mass is 313 g/mol. The van der Waals surface area contributed by atoms with Crippen molar-refractivity contribution in [3.63, 3.8) is 0 Å². The highest BCUT2D eigenvalue weighted by atomic mass is 32.1. The Hall–Kier alpha value is -1.38. The first-order valence-corrected chi connectivity index (χ1v) is 7.74. The number of rotatable bonds is 5. The van der Waals surface area contributed by atoms with Gasteiger partial charge >= 0.3 is 0 Å². The molecule has 1 aliphatic rings. The summed E-state index contributed by atoms with van der Waals surface area (Å²) in [5.74, 6) is 0.0491. The average molecular weight is 313 g/mol. The molecule has 1 fully saturated rings. The first-order valence-electron chi connectivity index (χ1n) is 6.92. The molecule has 0 aliphatic carbocycles. The topological polar surface area (TPSA) is 106 Å². The van der Waals surface area contributed by atoms with Crippen molar-refractivity contribution >= 4 is 28.2 Å². The Bertz CT molecular complexity index is 517. The number of ether oxygens (including phenoxy) is 1. The molecule has 1 saturated heterocycles. The lowest BCUT2D eigenvalue weighted by atomic mass is 10.1. The molecule has 0 aromatic carbocycles. The summed E-state index contributed by atoms with van der Waals surface area (Å²) in [6.07, 6.45) is 0.934. The van der Waals surface area contributed by atoms with Gasteiger partial charge in [-0.25, -0.2) is 4.98 Å². The molecule has 0 bridgehead atoms. The van der Waals surface area contributed by atoms with E-state index >= 15 is 0 Å². The van der Waals surface area contributed by atoms with Gasteiger partial charge in [0.05, 0.1) is 5.60 Å². The first kappa shape index (κ1) is 16.0. The van der Waals surface area contributed by atoms with Crippen LogP contribution in [0.25, 0.3) is 0 Å². The van der Waals surface area contributed by atoms with Crippen LogP contribution in [0, 0.1) is 0 Å². The van der Waals surface area contributed by atoms with Gasteiger partial charge in [0.1, 0.15) is 10.7 Å². The van der Waals surface area contributed by atoms with Crippen molar-refractivity contribution in [2.24, 2.45) is 5.73 Å². The van der Waals surface area contributed by atoms with E-state index in [1.807, 2.05) is 13.8 Å². The number of hydrogen-bond donors (Lipinski definition) is 3. The fraction of sp³-hybridized carbons (Fsp3) is 0.692. The number of amides is 1. The van der Waals surface area contributed by atoms with E-state index in [0.29, 0.717) is 11.4 Å². The highest BCUT2D eigenvalue weighted by Crippen LogP contribution is 2.30. The maximum Gasteiger partial charge on any atom is 0.265 e. The molecule has 0 saturated carbocycles. The van der Waals surface area contributed by atoms with Gasteiger partial charge in [-0.1, -0.05) is 11.3 Å². The zero-order valence-corrected chi connectivity index (χ0v) is 13.5. The van der Waals surface area contributed by atoms with E-state index in [2.05, 4.69) is 15.2 Å². The largest absolute Gasteiger partial charge is 0.382 e. The quantitative estimate of drug-likeness (QED) is 0.727. The third kappa shape index (κ3) is 3.84. The van der Waals surface area contributed by atoms with Gasteiger partial charge in [-0.05, 0) is 20.3 Å². The number of hydrogen-bond acceptors (Lipinski definition) is 7. The summed E-state index contributed by atoms with van der Waals surface area (Å²) in [6.45, 7) is 5.82. The molecule has 21 heavy (non-hydrogen) atoms. The maximum atomic E-state index is 12.2. The fourth-order valence-electron chi connectivity index (χ4n) is 2.02. The van der Waals surface area contributed by atoms with Crippen LogP contribution in [0.2, 0.25) is 0 Å². The molecule has 1 amide bonds. The van der Waals surface area contributed by atoms with Crippen molar-refractivity contribution in [3.8, 4) is 0 Å².